The fourth-order valence-corrected chi connectivity index (χ4v) is 3.56. The second-order valence-corrected chi connectivity index (χ2v) is 8.02. The van der Waals surface area contributed by atoms with Crippen molar-refractivity contribution in [1.82, 2.24) is 19.6 Å². The second kappa shape index (κ2) is 8.98. The maximum Gasteiger partial charge on any atom is 0.276 e. The number of hydrogen-bond acceptors (Lipinski definition) is 4. The Bertz CT molecular complexity index is 1310. The molecule has 0 saturated heterocycles. The molecule has 1 N–H and O–H groups in total. The Kier molecular flexibility index (Phi) is 6.12. The Hall–Kier alpha value is -3.42. The Morgan fingerprint density at radius 2 is 1.75 bits per heavy atom. The molecule has 0 fully saturated rings. The van der Waals surface area contributed by atoms with Crippen molar-refractivity contribution >= 4 is 40.6 Å². The molecule has 0 radical (unpaired) electrons. The zero-order valence-electron chi connectivity index (χ0n) is 17.3. The van der Waals surface area contributed by atoms with Gasteiger partial charge in [-0.1, -0.05) is 53.5 Å². The largest absolute Gasteiger partial charge is 0.320 e. The van der Waals surface area contributed by atoms with Crippen LogP contribution < -0.4 is 5.32 Å². The molecular formula is C23H19Cl2N5O2. The Labute approximate surface area is 194 Å². The number of amides is 1. The van der Waals surface area contributed by atoms with Gasteiger partial charge in [-0.05, 0) is 38.1 Å². The van der Waals surface area contributed by atoms with E-state index in [0.717, 1.165) is 11.4 Å². The first-order chi connectivity index (χ1) is 15.3. The molecule has 2 heterocycles. The summed E-state index contributed by atoms with van der Waals surface area (Å²) in [5, 5.41) is 12.5. The van der Waals surface area contributed by atoms with Gasteiger partial charge in [0.25, 0.3) is 5.91 Å². The molecular weight excluding hydrogens is 449 g/mol. The van der Waals surface area contributed by atoms with E-state index >= 15 is 0 Å². The normalized spacial score (nSPS) is 10.9. The number of halogens is 2. The number of hydrogen-bond donors (Lipinski definition) is 1. The summed E-state index contributed by atoms with van der Waals surface area (Å²) in [5.41, 5.74) is 2.90. The molecule has 0 atom stereocenters. The number of rotatable bonds is 6. The van der Waals surface area contributed by atoms with E-state index in [1.54, 1.807) is 58.0 Å². The Morgan fingerprint density at radius 3 is 2.44 bits per heavy atom. The first kappa shape index (κ1) is 21.8. The number of aromatic nitrogens is 4. The minimum atomic E-state index is -0.445. The van der Waals surface area contributed by atoms with Gasteiger partial charge in [-0.25, -0.2) is 4.68 Å². The highest BCUT2D eigenvalue weighted by atomic mass is 35.5. The zero-order chi connectivity index (χ0) is 22.8. The molecule has 0 aliphatic carbocycles. The van der Waals surface area contributed by atoms with Gasteiger partial charge in [0.15, 0.2) is 11.5 Å². The van der Waals surface area contributed by atoms with Gasteiger partial charge in [0, 0.05) is 22.3 Å². The lowest BCUT2D eigenvalue weighted by Gasteiger charge is -2.10. The van der Waals surface area contributed by atoms with Gasteiger partial charge >= 0.3 is 0 Å². The smallest absolute Gasteiger partial charge is 0.276 e. The molecule has 0 bridgehead atoms. The average Bonchev–Trinajstić information content (AvgIpc) is 3.36. The van der Waals surface area contributed by atoms with Crippen molar-refractivity contribution in [1.29, 1.82) is 0 Å². The van der Waals surface area contributed by atoms with E-state index in [2.05, 4.69) is 15.5 Å². The second-order valence-electron chi connectivity index (χ2n) is 7.21. The first-order valence-electron chi connectivity index (χ1n) is 9.77. The zero-order valence-corrected chi connectivity index (χ0v) is 18.9. The van der Waals surface area contributed by atoms with Crippen molar-refractivity contribution in [3.8, 4) is 0 Å². The van der Waals surface area contributed by atoms with Crippen LogP contribution in [0.2, 0.25) is 10.0 Å². The van der Waals surface area contributed by atoms with E-state index in [0.29, 0.717) is 33.5 Å². The van der Waals surface area contributed by atoms with E-state index in [-0.39, 0.29) is 11.5 Å². The predicted molar refractivity (Wildman–Crippen MR) is 124 cm³/mol. The van der Waals surface area contributed by atoms with Crippen LogP contribution >= 0.6 is 23.2 Å². The predicted octanol–water partition coefficient (Wildman–Crippen LogP) is 4.99. The van der Waals surface area contributed by atoms with Gasteiger partial charge in [0.2, 0.25) is 0 Å². The van der Waals surface area contributed by atoms with E-state index in [1.165, 1.54) is 6.07 Å². The maximum atomic E-state index is 13.0. The summed E-state index contributed by atoms with van der Waals surface area (Å²) in [6, 6.07) is 15.2. The topological polar surface area (TPSA) is 81.8 Å². The van der Waals surface area contributed by atoms with Crippen molar-refractivity contribution in [2.45, 2.75) is 20.5 Å². The van der Waals surface area contributed by atoms with Crippen molar-refractivity contribution in [2.24, 2.45) is 0 Å². The highest BCUT2D eigenvalue weighted by molar-refractivity contribution is 6.32. The molecule has 32 heavy (non-hydrogen) atoms. The Morgan fingerprint density at radius 1 is 1.00 bits per heavy atom. The fraction of sp³-hybridized carbons (Fsp3) is 0.130. The molecule has 1 amide bonds. The number of benzene rings is 2. The van der Waals surface area contributed by atoms with Crippen LogP contribution in [0.15, 0.2) is 60.8 Å². The minimum absolute atomic E-state index is 0.200. The summed E-state index contributed by atoms with van der Waals surface area (Å²) in [5.74, 6) is -0.685. The van der Waals surface area contributed by atoms with Crippen LogP contribution in [0.5, 0.6) is 0 Å². The highest BCUT2D eigenvalue weighted by Gasteiger charge is 2.18. The number of carbonyl (C=O) groups excluding carboxylic acids is 2. The van der Waals surface area contributed by atoms with E-state index in [4.69, 9.17) is 23.2 Å². The van der Waals surface area contributed by atoms with E-state index in [9.17, 15) is 9.59 Å². The van der Waals surface area contributed by atoms with Crippen LogP contribution in [0.25, 0.3) is 0 Å². The quantitative estimate of drug-likeness (QED) is 0.404. The summed E-state index contributed by atoms with van der Waals surface area (Å²) in [7, 11) is 0. The lowest BCUT2D eigenvalue weighted by atomic mass is 10.0. The van der Waals surface area contributed by atoms with Gasteiger partial charge in [0.1, 0.15) is 6.67 Å². The third-order valence-electron chi connectivity index (χ3n) is 4.96. The molecule has 0 saturated carbocycles. The lowest BCUT2D eigenvalue weighted by Crippen LogP contribution is -2.17. The van der Waals surface area contributed by atoms with Crippen LogP contribution in [-0.4, -0.2) is 31.3 Å². The van der Waals surface area contributed by atoms with Crippen molar-refractivity contribution < 1.29 is 9.59 Å². The van der Waals surface area contributed by atoms with Gasteiger partial charge < -0.3 is 5.32 Å². The number of nitrogens with zero attached hydrogens (tertiary/aromatic N) is 4. The monoisotopic (exact) mass is 467 g/mol. The Balaban J connectivity index is 1.55. The highest BCUT2D eigenvalue weighted by Crippen LogP contribution is 2.24. The molecule has 0 unspecified atom stereocenters. The number of anilines is 1. The molecule has 4 aromatic rings. The van der Waals surface area contributed by atoms with Crippen molar-refractivity contribution in [3.05, 3.63) is 99.0 Å². The molecule has 0 aliphatic heterocycles. The third-order valence-corrected chi connectivity index (χ3v) is 5.74. The minimum Gasteiger partial charge on any atom is -0.320 e. The van der Waals surface area contributed by atoms with Crippen LogP contribution in [0.3, 0.4) is 0 Å². The van der Waals surface area contributed by atoms with Gasteiger partial charge in [-0.2, -0.15) is 10.2 Å². The molecule has 4 rings (SSSR count). The van der Waals surface area contributed by atoms with E-state index in [1.807, 2.05) is 19.9 Å². The summed E-state index contributed by atoms with van der Waals surface area (Å²) in [6.07, 6.45) is 1.68. The molecule has 0 spiro atoms. The van der Waals surface area contributed by atoms with Crippen LogP contribution in [0, 0.1) is 13.8 Å². The summed E-state index contributed by atoms with van der Waals surface area (Å²) >= 11 is 12.3. The summed E-state index contributed by atoms with van der Waals surface area (Å²) < 4.78 is 3.30. The molecule has 9 heteroatoms. The molecule has 2 aromatic heterocycles. The molecule has 2 aromatic carbocycles. The van der Waals surface area contributed by atoms with Crippen molar-refractivity contribution in [2.75, 3.05) is 5.32 Å². The number of aryl methyl sites for hydroxylation is 1. The first-order valence-corrected chi connectivity index (χ1v) is 10.5. The summed E-state index contributed by atoms with van der Waals surface area (Å²) in [4.78, 5) is 25.8. The van der Waals surface area contributed by atoms with Crippen LogP contribution in [0.4, 0.5) is 5.69 Å². The average molecular weight is 468 g/mol. The van der Waals surface area contributed by atoms with Gasteiger partial charge in [0.05, 0.1) is 22.1 Å². The van der Waals surface area contributed by atoms with Gasteiger partial charge in [-0.15, -0.1) is 0 Å². The molecule has 7 nitrogen and oxygen atoms in total. The SMILES string of the molecule is Cc1nn(Cn2ccc(C(=O)Nc3ccc(Cl)cc3C(=O)c3ccccc3)n2)c(C)c1Cl. The van der Waals surface area contributed by atoms with Crippen LogP contribution in [-0.2, 0) is 6.67 Å². The molecule has 162 valence electrons. The number of ketones is 1. The maximum absolute atomic E-state index is 13.0. The number of nitrogens with one attached hydrogen (secondary N) is 1. The summed E-state index contributed by atoms with van der Waals surface area (Å²) in [6.45, 7) is 4.00. The lowest BCUT2D eigenvalue weighted by molar-refractivity contribution is 0.102. The van der Waals surface area contributed by atoms with Gasteiger partial charge in [-0.3, -0.25) is 14.3 Å². The fourth-order valence-electron chi connectivity index (χ4n) is 3.26. The van der Waals surface area contributed by atoms with Crippen molar-refractivity contribution in [3.63, 3.8) is 0 Å². The third kappa shape index (κ3) is 4.44. The standard InChI is InChI=1S/C23H19Cl2N5O2/c1-14-21(25)15(2)30(27-14)13-29-11-10-20(28-29)23(32)26-19-9-8-17(24)12-18(19)22(31)16-6-4-3-5-7-16/h3-12H,13H2,1-2H3,(H,26,32). The number of carbonyl (C=O) groups is 2. The van der Waals surface area contributed by atoms with E-state index < -0.39 is 5.91 Å². The van der Waals surface area contributed by atoms with Crippen LogP contribution in [0.1, 0.15) is 37.8 Å². The molecule has 0 aliphatic rings.